The number of Topliss-reactive ketones (excluding diaryl/α,β-unsaturated/α-hetero) is 1. The minimum Gasteiger partial charge on any atom is -0.295 e. The quantitative estimate of drug-likeness (QED) is 0.599. The fraction of sp³-hybridized carbons (Fsp3) is 0.0714. The molecule has 0 spiro atoms. The minimum atomic E-state index is 0.105. The van der Waals surface area contributed by atoms with Gasteiger partial charge in [-0.25, -0.2) is 0 Å². The van der Waals surface area contributed by atoms with Gasteiger partial charge in [0.05, 0.1) is 0 Å². The first-order chi connectivity index (χ1) is 7.68. The Morgan fingerprint density at radius 2 is 1.75 bits per heavy atom. The molecule has 16 heavy (non-hydrogen) atoms. The van der Waals surface area contributed by atoms with Gasteiger partial charge in [0.25, 0.3) is 0 Å². The maximum absolute atomic E-state index is 11.3. The highest BCUT2D eigenvalue weighted by Crippen LogP contribution is 2.26. The number of rotatable bonds is 2. The summed E-state index contributed by atoms with van der Waals surface area (Å²) >= 11 is 2.29. The van der Waals surface area contributed by atoms with Crippen LogP contribution in [0.2, 0.25) is 0 Å². The molecule has 0 unspecified atom stereocenters. The molecular weight excluding hydrogens is 311 g/mol. The Kier molecular flexibility index (Phi) is 3.39. The van der Waals surface area contributed by atoms with Crippen molar-refractivity contribution in [3.05, 3.63) is 57.7 Å². The van der Waals surface area contributed by atoms with E-state index in [1.54, 1.807) is 6.92 Å². The topological polar surface area (TPSA) is 17.1 Å². The molecule has 0 saturated heterocycles. The number of carbonyl (C=O) groups is 1. The lowest BCUT2D eigenvalue weighted by Gasteiger charge is -2.06. The number of carbonyl (C=O) groups excluding carboxylic acids is 1. The van der Waals surface area contributed by atoms with Crippen LogP contribution in [0.4, 0.5) is 0 Å². The molecule has 0 saturated carbocycles. The van der Waals surface area contributed by atoms with Crippen LogP contribution in [0, 0.1) is 3.57 Å². The van der Waals surface area contributed by atoms with Crippen LogP contribution < -0.4 is 0 Å². The first kappa shape index (κ1) is 11.3. The third-order valence-electron chi connectivity index (χ3n) is 2.46. The number of benzene rings is 2. The second kappa shape index (κ2) is 4.78. The predicted molar refractivity (Wildman–Crippen MR) is 74.6 cm³/mol. The first-order valence-corrected chi connectivity index (χ1v) is 6.12. The number of ketones is 1. The Hall–Kier alpha value is -1.16. The van der Waals surface area contributed by atoms with E-state index in [0.717, 1.165) is 20.3 Å². The average molecular weight is 322 g/mol. The summed E-state index contributed by atoms with van der Waals surface area (Å²) < 4.78 is 1.16. The highest BCUT2D eigenvalue weighted by Gasteiger charge is 2.06. The van der Waals surface area contributed by atoms with Gasteiger partial charge in [0.15, 0.2) is 5.78 Å². The fourth-order valence-electron chi connectivity index (χ4n) is 1.58. The van der Waals surface area contributed by atoms with Crippen LogP contribution in [0.15, 0.2) is 48.5 Å². The average Bonchev–Trinajstić information content (AvgIpc) is 2.30. The van der Waals surface area contributed by atoms with E-state index in [4.69, 9.17) is 0 Å². The third kappa shape index (κ3) is 2.32. The molecule has 0 aromatic heterocycles. The van der Waals surface area contributed by atoms with Gasteiger partial charge < -0.3 is 0 Å². The van der Waals surface area contributed by atoms with Gasteiger partial charge in [-0.1, -0.05) is 36.4 Å². The van der Waals surface area contributed by atoms with E-state index in [-0.39, 0.29) is 5.78 Å². The molecule has 0 atom stereocenters. The summed E-state index contributed by atoms with van der Waals surface area (Å²) in [6.07, 6.45) is 0. The molecule has 2 aromatic carbocycles. The Morgan fingerprint density at radius 1 is 1.06 bits per heavy atom. The summed E-state index contributed by atoms with van der Waals surface area (Å²) in [5.74, 6) is 0.105. The van der Waals surface area contributed by atoms with E-state index in [9.17, 15) is 4.79 Å². The zero-order chi connectivity index (χ0) is 11.5. The lowest BCUT2D eigenvalue weighted by Crippen LogP contribution is -1.93. The van der Waals surface area contributed by atoms with Crippen molar-refractivity contribution in [2.75, 3.05) is 0 Å². The molecule has 0 aliphatic heterocycles. The molecule has 0 heterocycles. The molecule has 0 fully saturated rings. The van der Waals surface area contributed by atoms with Gasteiger partial charge in [-0.05, 0) is 52.8 Å². The summed E-state index contributed by atoms with van der Waals surface area (Å²) in [4.78, 5) is 11.3. The van der Waals surface area contributed by atoms with E-state index >= 15 is 0 Å². The second-order valence-corrected chi connectivity index (χ2v) is 4.78. The second-order valence-electron chi connectivity index (χ2n) is 3.62. The van der Waals surface area contributed by atoms with Crippen molar-refractivity contribution < 1.29 is 4.79 Å². The molecule has 0 radical (unpaired) electrons. The van der Waals surface area contributed by atoms with Gasteiger partial charge in [-0.2, -0.15) is 0 Å². The van der Waals surface area contributed by atoms with Gasteiger partial charge in [-0.15, -0.1) is 0 Å². The molecule has 2 aromatic rings. The van der Waals surface area contributed by atoms with Crippen molar-refractivity contribution in [3.8, 4) is 11.1 Å². The summed E-state index contributed by atoms with van der Waals surface area (Å²) in [5.41, 5.74) is 3.03. The monoisotopic (exact) mass is 322 g/mol. The SMILES string of the molecule is CC(=O)c1ccc(I)c(-c2ccccc2)c1. The van der Waals surface area contributed by atoms with Crippen LogP contribution in [0.25, 0.3) is 11.1 Å². The molecule has 0 bridgehead atoms. The van der Waals surface area contributed by atoms with Crippen LogP contribution in [-0.2, 0) is 0 Å². The summed E-state index contributed by atoms with van der Waals surface area (Å²) in [6, 6.07) is 15.9. The third-order valence-corrected chi connectivity index (χ3v) is 3.40. The van der Waals surface area contributed by atoms with Gasteiger partial charge in [-0.3, -0.25) is 4.79 Å². The Labute approximate surface area is 109 Å². The Bertz CT molecular complexity index is 518. The largest absolute Gasteiger partial charge is 0.295 e. The van der Waals surface area contributed by atoms with Gasteiger partial charge in [0, 0.05) is 9.13 Å². The van der Waals surface area contributed by atoms with Crippen molar-refractivity contribution >= 4 is 28.4 Å². The Balaban J connectivity index is 2.56. The summed E-state index contributed by atoms with van der Waals surface area (Å²) in [7, 11) is 0. The van der Waals surface area contributed by atoms with Crippen LogP contribution >= 0.6 is 22.6 Å². The standard InChI is InChI=1S/C14H11IO/c1-10(16)12-7-8-14(15)13(9-12)11-5-3-2-4-6-11/h2-9H,1H3. The molecule has 0 amide bonds. The summed E-state index contributed by atoms with van der Waals surface area (Å²) in [6.45, 7) is 1.59. The van der Waals surface area contributed by atoms with Gasteiger partial charge in [0.2, 0.25) is 0 Å². The fourth-order valence-corrected chi connectivity index (χ4v) is 2.23. The van der Waals surface area contributed by atoms with E-state index in [2.05, 4.69) is 34.7 Å². The van der Waals surface area contributed by atoms with E-state index in [0.29, 0.717) is 0 Å². The molecule has 1 nitrogen and oxygen atoms in total. The molecular formula is C14H11IO. The highest BCUT2D eigenvalue weighted by molar-refractivity contribution is 14.1. The van der Waals surface area contributed by atoms with Crippen LogP contribution in [0.1, 0.15) is 17.3 Å². The maximum Gasteiger partial charge on any atom is 0.159 e. The van der Waals surface area contributed by atoms with Crippen molar-refractivity contribution in [2.45, 2.75) is 6.92 Å². The maximum atomic E-state index is 11.3. The molecule has 0 aliphatic carbocycles. The summed E-state index contributed by atoms with van der Waals surface area (Å²) in [5, 5.41) is 0. The molecule has 2 rings (SSSR count). The van der Waals surface area contributed by atoms with Crippen LogP contribution in [-0.4, -0.2) is 5.78 Å². The lowest BCUT2D eigenvalue weighted by molar-refractivity contribution is 0.101. The lowest BCUT2D eigenvalue weighted by atomic mass is 10.0. The van der Waals surface area contributed by atoms with Crippen LogP contribution in [0.3, 0.4) is 0 Å². The number of hydrogen-bond donors (Lipinski definition) is 0. The van der Waals surface area contributed by atoms with E-state index < -0.39 is 0 Å². The van der Waals surface area contributed by atoms with Crippen molar-refractivity contribution in [2.24, 2.45) is 0 Å². The molecule has 80 valence electrons. The molecule has 0 aliphatic rings. The predicted octanol–water partition coefficient (Wildman–Crippen LogP) is 4.16. The molecule has 2 heteroatoms. The van der Waals surface area contributed by atoms with Gasteiger partial charge >= 0.3 is 0 Å². The van der Waals surface area contributed by atoms with Crippen molar-refractivity contribution in [3.63, 3.8) is 0 Å². The zero-order valence-electron chi connectivity index (χ0n) is 8.91. The van der Waals surface area contributed by atoms with Crippen molar-refractivity contribution in [1.82, 2.24) is 0 Å². The van der Waals surface area contributed by atoms with E-state index in [1.165, 1.54) is 0 Å². The number of halogens is 1. The van der Waals surface area contributed by atoms with Gasteiger partial charge in [0.1, 0.15) is 0 Å². The zero-order valence-corrected chi connectivity index (χ0v) is 11.1. The first-order valence-electron chi connectivity index (χ1n) is 5.04. The van der Waals surface area contributed by atoms with Crippen LogP contribution in [0.5, 0.6) is 0 Å². The van der Waals surface area contributed by atoms with E-state index in [1.807, 2.05) is 36.4 Å². The highest BCUT2D eigenvalue weighted by atomic mass is 127. The number of hydrogen-bond acceptors (Lipinski definition) is 1. The molecule has 0 N–H and O–H groups in total. The smallest absolute Gasteiger partial charge is 0.159 e. The van der Waals surface area contributed by atoms with Crippen molar-refractivity contribution in [1.29, 1.82) is 0 Å². The Morgan fingerprint density at radius 3 is 2.38 bits per heavy atom. The normalized spacial score (nSPS) is 10.1. The minimum absolute atomic E-state index is 0.105.